The van der Waals surface area contributed by atoms with Gasteiger partial charge in [0.15, 0.2) is 0 Å². The van der Waals surface area contributed by atoms with Crippen molar-refractivity contribution in [2.24, 2.45) is 5.92 Å². The fourth-order valence-electron chi connectivity index (χ4n) is 3.63. The molecule has 1 unspecified atom stereocenters. The fourth-order valence-corrected chi connectivity index (χ4v) is 3.63. The Morgan fingerprint density at radius 2 is 1.82 bits per heavy atom. The van der Waals surface area contributed by atoms with E-state index in [-0.39, 0.29) is 24.2 Å². The van der Waals surface area contributed by atoms with Crippen molar-refractivity contribution in [1.29, 1.82) is 0 Å². The standard InChI is InChI=1S/C23H29N3O2/c1-15(2)20-8-6-7-16(3)22(20)24-23(28)17-13-21(27)26(14-17)19-11-9-18(10-12-19)25(4)5/h6-12,15,17H,13-14H2,1-5H3,(H,24,28). The molecule has 1 fully saturated rings. The third kappa shape index (κ3) is 4.03. The molecule has 0 radical (unpaired) electrons. The van der Waals surface area contributed by atoms with Crippen molar-refractivity contribution in [3.63, 3.8) is 0 Å². The first-order valence-electron chi connectivity index (χ1n) is 9.76. The lowest BCUT2D eigenvalue weighted by atomic mass is 9.97. The van der Waals surface area contributed by atoms with Gasteiger partial charge in [-0.2, -0.15) is 0 Å². The first-order chi connectivity index (χ1) is 13.3. The Bertz CT molecular complexity index is 872. The van der Waals surface area contributed by atoms with Gasteiger partial charge in [0.1, 0.15) is 0 Å². The zero-order chi connectivity index (χ0) is 20.4. The average Bonchev–Trinajstić information content (AvgIpc) is 3.05. The van der Waals surface area contributed by atoms with Crippen LogP contribution in [0.25, 0.3) is 0 Å². The number of anilines is 3. The maximum absolute atomic E-state index is 12.9. The number of aryl methyl sites for hydroxylation is 1. The lowest BCUT2D eigenvalue weighted by Crippen LogP contribution is -2.28. The van der Waals surface area contributed by atoms with Crippen LogP contribution in [0.3, 0.4) is 0 Å². The minimum Gasteiger partial charge on any atom is -0.378 e. The third-order valence-corrected chi connectivity index (χ3v) is 5.35. The average molecular weight is 380 g/mol. The topological polar surface area (TPSA) is 52.7 Å². The van der Waals surface area contributed by atoms with Crippen molar-refractivity contribution in [3.05, 3.63) is 53.6 Å². The Morgan fingerprint density at radius 3 is 2.43 bits per heavy atom. The van der Waals surface area contributed by atoms with Gasteiger partial charge in [0, 0.05) is 44.1 Å². The van der Waals surface area contributed by atoms with Crippen LogP contribution in [0.2, 0.25) is 0 Å². The Labute approximate surface area is 167 Å². The van der Waals surface area contributed by atoms with E-state index in [1.54, 1.807) is 4.90 Å². The van der Waals surface area contributed by atoms with Crippen molar-refractivity contribution < 1.29 is 9.59 Å². The number of carbonyl (C=O) groups is 2. The predicted molar refractivity (Wildman–Crippen MR) is 115 cm³/mol. The molecule has 5 heteroatoms. The molecule has 2 aromatic rings. The number of nitrogens with zero attached hydrogens (tertiary/aromatic N) is 2. The second-order valence-electron chi connectivity index (χ2n) is 8.00. The second-order valence-corrected chi connectivity index (χ2v) is 8.00. The number of rotatable bonds is 5. The molecule has 0 aliphatic carbocycles. The third-order valence-electron chi connectivity index (χ3n) is 5.35. The Morgan fingerprint density at radius 1 is 1.14 bits per heavy atom. The normalized spacial score (nSPS) is 16.6. The van der Waals surface area contributed by atoms with Gasteiger partial charge in [-0.25, -0.2) is 0 Å². The van der Waals surface area contributed by atoms with Gasteiger partial charge in [-0.3, -0.25) is 9.59 Å². The van der Waals surface area contributed by atoms with Gasteiger partial charge >= 0.3 is 0 Å². The number of benzene rings is 2. The zero-order valence-corrected chi connectivity index (χ0v) is 17.3. The molecular formula is C23H29N3O2. The summed E-state index contributed by atoms with van der Waals surface area (Å²) in [5, 5.41) is 3.09. The number of carbonyl (C=O) groups excluding carboxylic acids is 2. The van der Waals surface area contributed by atoms with Gasteiger partial charge in [-0.1, -0.05) is 32.0 Å². The van der Waals surface area contributed by atoms with E-state index in [1.807, 2.05) is 68.4 Å². The van der Waals surface area contributed by atoms with Gasteiger partial charge in [-0.15, -0.1) is 0 Å². The van der Waals surface area contributed by atoms with Crippen LogP contribution < -0.4 is 15.1 Å². The number of hydrogen-bond donors (Lipinski definition) is 1. The molecule has 1 aliphatic heterocycles. The minimum absolute atomic E-state index is 0.00776. The van der Waals surface area contributed by atoms with Crippen LogP contribution in [-0.2, 0) is 9.59 Å². The Balaban J connectivity index is 1.74. The highest BCUT2D eigenvalue weighted by Crippen LogP contribution is 2.30. The van der Waals surface area contributed by atoms with Gasteiger partial charge < -0.3 is 15.1 Å². The first-order valence-corrected chi connectivity index (χ1v) is 9.76. The number of amides is 2. The largest absolute Gasteiger partial charge is 0.378 e. The van der Waals surface area contributed by atoms with Crippen LogP contribution in [0, 0.1) is 12.8 Å². The first kappa shape index (κ1) is 19.9. The van der Waals surface area contributed by atoms with Crippen LogP contribution in [0.15, 0.2) is 42.5 Å². The van der Waals surface area contributed by atoms with E-state index < -0.39 is 0 Å². The second kappa shape index (κ2) is 8.05. The molecule has 1 heterocycles. The van der Waals surface area contributed by atoms with E-state index in [2.05, 4.69) is 19.2 Å². The van der Waals surface area contributed by atoms with Gasteiger partial charge in [0.05, 0.1) is 5.92 Å². The summed E-state index contributed by atoms with van der Waals surface area (Å²) >= 11 is 0. The van der Waals surface area contributed by atoms with Crippen molar-refractivity contribution >= 4 is 28.9 Å². The van der Waals surface area contributed by atoms with Gasteiger partial charge in [-0.05, 0) is 48.2 Å². The molecule has 2 amide bonds. The van der Waals surface area contributed by atoms with E-state index >= 15 is 0 Å². The molecule has 1 aliphatic rings. The molecule has 1 N–H and O–H groups in total. The molecule has 1 atom stereocenters. The molecule has 0 spiro atoms. The Hall–Kier alpha value is -2.82. The van der Waals surface area contributed by atoms with Crippen molar-refractivity contribution in [3.8, 4) is 0 Å². The summed E-state index contributed by atoms with van der Waals surface area (Å²) in [5.41, 5.74) is 4.95. The van der Waals surface area contributed by atoms with Crippen molar-refractivity contribution in [1.82, 2.24) is 0 Å². The number of nitrogens with one attached hydrogen (secondary N) is 1. The van der Waals surface area contributed by atoms with Gasteiger partial charge in [0.2, 0.25) is 11.8 Å². The van der Waals surface area contributed by atoms with Crippen molar-refractivity contribution in [2.45, 2.75) is 33.1 Å². The quantitative estimate of drug-likeness (QED) is 0.848. The summed E-state index contributed by atoms with van der Waals surface area (Å²) in [5.74, 6) is -0.128. The van der Waals surface area contributed by atoms with Crippen LogP contribution in [-0.4, -0.2) is 32.5 Å². The summed E-state index contributed by atoms with van der Waals surface area (Å²) < 4.78 is 0. The highest BCUT2D eigenvalue weighted by Gasteiger charge is 2.35. The molecule has 0 saturated carbocycles. The Kier molecular flexibility index (Phi) is 5.73. The number of hydrogen-bond acceptors (Lipinski definition) is 3. The van der Waals surface area contributed by atoms with E-state index in [9.17, 15) is 9.59 Å². The molecule has 5 nitrogen and oxygen atoms in total. The van der Waals surface area contributed by atoms with Crippen molar-refractivity contribution in [2.75, 3.05) is 35.8 Å². The molecule has 2 aromatic carbocycles. The monoisotopic (exact) mass is 379 g/mol. The maximum Gasteiger partial charge on any atom is 0.229 e. The van der Waals surface area contributed by atoms with Crippen LogP contribution in [0.4, 0.5) is 17.1 Å². The van der Waals surface area contributed by atoms with Crippen LogP contribution >= 0.6 is 0 Å². The van der Waals surface area contributed by atoms with Gasteiger partial charge in [0.25, 0.3) is 0 Å². The smallest absolute Gasteiger partial charge is 0.229 e. The predicted octanol–water partition coefficient (Wildman–Crippen LogP) is 4.18. The molecule has 3 rings (SSSR count). The van der Waals surface area contributed by atoms with E-state index in [0.29, 0.717) is 12.5 Å². The summed E-state index contributed by atoms with van der Waals surface area (Å²) in [6, 6.07) is 13.9. The maximum atomic E-state index is 12.9. The molecule has 0 bridgehead atoms. The lowest BCUT2D eigenvalue weighted by molar-refractivity contribution is -0.122. The summed E-state index contributed by atoms with van der Waals surface area (Å²) in [4.78, 5) is 29.2. The summed E-state index contributed by atoms with van der Waals surface area (Å²) in [6.07, 6.45) is 0.240. The SMILES string of the molecule is Cc1cccc(C(C)C)c1NC(=O)C1CC(=O)N(c2ccc(N(C)C)cc2)C1. The highest BCUT2D eigenvalue weighted by atomic mass is 16.2. The molecule has 28 heavy (non-hydrogen) atoms. The minimum atomic E-state index is -0.347. The molecule has 148 valence electrons. The van der Waals surface area contributed by atoms with E-state index in [4.69, 9.17) is 0 Å². The van der Waals surface area contributed by atoms with Crippen LogP contribution in [0.1, 0.15) is 37.3 Å². The molecule has 1 saturated heterocycles. The fraction of sp³-hybridized carbons (Fsp3) is 0.391. The summed E-state index contributed by atoms with van der Waals surface area (Å²) in [7, 11) is 3.96. The molecular weight excluding hydrogens is 350 g/mol. The van der Waals surface area contributed by atoms with E-state index in [1.165, 1.54) is 0 Å². The van der Waals surface area contributed by atoms with Crippen LogP contribution in [0.5, 0.6) is 0 Å². The molecule has 0 aromatic heterocycles. The highest BCUT2D eigenvalue weighted by molar-refractivity contribution is 6.04. The lowest BCUT2D eigenvalue weighted by Gasteiger charge is -2.20. The van der Waals surface area contributed by atoms with E-state index in [0.717, 1.165) is 28.2 Å². The number of para-hydroxylation sites is 1. The summed E-state index contributed by atoms with van der Waals surface area (Å²) in [6.45, 7) is 6.64. The zero-order valence-electron chi connectivity index (χ0n) is 17.3.